The number of ether oxygens (including phenoxy) is 3. The third-order valence-electron chi connectivity index (χ3n) is 5.65. The van der Waals surface area contributed by atoms with Crippen molar-refractivity contribution < 1.29 is 32.2 Å². The number of nitrogens with one attached hydrogen (secondary N) is 1. The monoisotopic (exact) mass is 534 g/mol. The smallest absolute Gasteiger partial charge is 0.409 e. The second kappa shape index (κ2) is 10.7. The van der Waals surface area contributed by atoms with Crippen molar-refractivity contribution in [1.82, 2.24) is 14.2 Å². The molecule has 1 N–H and O–H groups in total. The number of sulfonamides is 1. The highest BCUT2D eigenvalue weighted by molar-refractivity contribution is 7.89. The third-order valence-corrected chi connectivity index (χ3v) is 8.55. The molecule has 0 aliphatic carbocycles. The van der Waals surface area contributed by atoms with Crippen LogP contribution in [-0.4, -0.2) is 81.6 Å². The van der Waals surface area contributed by atoms with Gasteiger partial charge in [-0.1, -0.05) is 11.3 Å². The molecule has 0 atom stereocenters. The summed E-state index contributed by atoms with van der Waals surface area (Å²) in [7, 11) is -0.686. The lowest BCUT2D eigenvalue weighted by Gasteiger charge is -2.33. The van der Waals surface area contributed by atoms with E-state index in [0.29, 0.717) is 22.1 Å². The van der Waals surface area contributed by atoms with Crippen LogP contribution in [0, 0.1) is 0 Å². The van der Waals surface area contributed by atoms with Gasteiger partial charge in [0.2, 0.25) is 10.0 Å². The number of fused-ring (bicyclic) bond motifs is 1. The zero-order valence-electron chi connectivity index (χ0n) is 20.0. The average molecular weight is 535 g/mol. The molecule has 13 heteroatoms. The van der Waals surface area contributed by atoms with Crippen LogP contribution in [0.4, 0.5) is 9.93 Å². The summed E-state index contributed by atoms with van der Waals surface area (Å²) < 4.78 is 43.8. The van der Waals surface area contributed by atoms with Gasteiger partial charge >= 0.3 is 6.09 Å². The van der Waals surface area contributed by atoms with E-state index in [2.05, 4.69) is 10.3 Å². The summed E-state index contributed by atoms with van der Waals surface area (Å²) in [5.41, 5.74) is 0.848. The molecule has 1 aromatic heterocycles. The Hall–Kier alpha value is -3.42. The minimum absolute atomic E-state index is 0.0677. The molecule has 0 saturated carbocycles. The number of rotatable bonds is 7. The van der Waals surface area contributed by atoms with Gasteiger partial charge in [-0.2, -0.15) is 4.31 Å². The lowest BCUT2D eigenvalue weighted by atomic mass is 10.2. The van der Waals surface area contributed by atoms with Crippen LogP contribution < -0.4 is 14.8 Å². The fourth-order valence-corrected chi connectivity index (χ4v) is 6.15. The number of methoxy groups -OCH3 is 2. The molecule has 1 saturated heterocycles. The molecule has 4 rings (SSSR count). The van der Waals surface area contributed by atoms with Gasteiger partial charge in [-0.15, -0.1) is 0 Å². The van der Waals surface area contributed by atoms with Gasteiger partial charge in [-0.25, -0.2) is 18.2 Å². The first-order valence-electron chi connectivity index (χ1n) is 11.1. The van der Waals surface area contributed by atoms with E-state index < -0.39 is 22.0 Å². The van der Waals surface area contributed by atoms with Gasteiger partial charge in [0, 0.05) is 31.7 Å². The Morgan fingerprint density at radius 1 is 1.00 bits per heavy atom. The van der Waals surface area contributed by atoms with Gasteiger partial charge in [0.15, 0.2) is 5.13 Å². The molecule has 36 heavy (non-hydrogen) atoms. The zero-order valence-corrected chi connectivity index (χ0v) is 21.6. The molecule has 192 valence electrons. The zero-order chi connectivity index (χ0) is 25.9. The van der Waals surface area contributed by atoms with Crippen molar-refractivity contribution in [2.75, 3.05) is 52.3 Å². The van der Waals surface area contributed by atoms with Gasteiger partial charge < -0.3 is 19.1 Å². The highest BCUT2D eigenvalue weighted by Gasteiger charge is 2.30. The third kappa shape index (κ3) is 5.08. The van der Waals surface area contributed by atoms with Crippen LogP contribution in [0.2, 0.25) is 0 Å². The van der Waals surface area contributed by atoms with Crippen molar-refractivity contribution in [1.29, 1.82) is 0 Å². The summed E-state index contributed by atoms with van der Waals surface area (Å²) in [6, 6.07) is 9.19. The quantitative estimate of drug-likeness (QED) is 0.490. The Balaban J connectivity index is 1.45. The number of hydrogen-bond acceptors (Lipinski definition) is 9. The van der Waals surface area contributed by atoms with E-state index in [1.165, 1.54) is 51.9 Å². The van der Waals surface area contributed by atoms with E-state index in [1.807, 2.05) is 0 Å². The Morgan fingerprint density at radius 3 is 2.25 bits per heavy atom. The van der Waals surface area contributed by atoms with Crippen molar-refractivity contribution in [3.8, 4) is 11.5 Å². The van der Waals surface area contributed by atoms with Gasteiger partial charge in [0.05, 0.1) is 25.7 Å². The number of benzene rings is 2. The predicted molar refractivity (Wildman–Crippen MR) is 134 cm³/mol. The van der Waals surface area contributed by atoms with E-state index >= 15 is 0 Å². The Kier molecular flexibility index (Phi) is 7.62. The molecule has 0 bridgehead atoms. The highest BCUT2D eigenvalue weighted by Crippen LogP contribution is 2.38. The van der Waals surface area contributed by atoms with Crippen LogP contribution in [0.25, 0.3) is 10.2 Å². The summed E-state index contributed by atoms with van der Waals surface area (Å²) in [5.74, 6) is 0.737. The van der Waals surface area contributed by atoms with Crippen molar-refractivity contribution in [3.63, 3.8) is 0 Å². The van der Waals surface area contributed by atoms with Crippen molar-refractivity contribution >= 4 is 48.7 Å². The number of anilines is 1. The molecule has 2 aromatic carbocycles. The number of aromatic nitrogens is 1. The summed E-state index contributed by atoms with van der Waals surface area (Å²) in [4.78, 5) is 30.7. The fourth-order valence-electron chi connectivity index (χ4n) is 3.76. The maximum Gasteiger partial charge on any atom is 0.409 e. The standard InChI is InChI=1S/C23H26N4O7S2/c1-4-34-23(29)26-11-13-27(14-12-26)36(30,31)16-7-5-15(6-8-16)21(28)25-22-24-19-17(32-2)9-10-18(33-3)20(19)35-22/h5-10H,4,11-14H2,1-3H3,(H,24,25,28). The number of hydrogen-bond donors (Lipinski definition) is 1. The second-order valence-corrected chi connectivity index (χ2v) is 10.7. The number of amides is 2. The van der Waals surface area contributed by atoms with Crippen molar-refractivity contribution in [2.24, 2.45) is 0 Å². The first-order chi connectivity index (χ1) is 17.3. The highest BCUT2D eigenvalue weighted by atomic mass is 32.2. The largest absolute Gasteiger partial charge is 0.495 e. The molecule has 0 radical (unpaired) electrons. The topological polar surface area (TPSA) is 127 Å². The maximum absolute atomic E-state index is 13.0. The first kappa shape index (κ1) is 25.7. The maximum atomic E-state index is 13.0. The summed E-state index contributed by atoms with van der Waals surface area (Å²) in [6.07, 6.45) is -0.449. The molecule has 11 nitrogen and oxygen atoms in total. The first-order valence-corrected chi connectivity index (χ1v) is 13.4. The van der Waals surface area contributed by atoms with Gasteiger partial charge in [0.25, 0.3) is 5.91 Å². The Morgan fingerprint density at radius 2 is 1.64 bits per heavy atom. The minimum Gasteiger partial charge on any atom is -0.495 e. The molecular weight excluding hydrogens is 508 g/mol. The molecule has 1 aliphatic heterocycles. The van der Waals surface area contributed by atoms with Crippen molar-refractivity contribution in [3.05, 3.63) is 42.0 Å². The Bertz CT molecular complexity index is 1320. The summed E-state index contributed by atoms with van der Waals surface area (Å²) in [6.45, 7) is 2.79. The van der Waals surface area contributed by atoms with Crippen molar-refractivity contribution in [2.45, 2.75) is 11.8 Å². The van der Waals surface area contributed by atoms with Crippen LogP contribution in [0.15, 0.2) is 41.3 Å². The van der Waals surface area contributed by atoms with Gasteiger partial charge in [-0.3, -0.25) is 10.1 Å². The number of piperazine rings is 1. The SMILES string of the molecule is CCOC(=O)N1CCN(S(=O)(=O)c2ccc(C(=O)Nc3nc4c(OC)ccc(OC)c4s3)cc2)CC1. The van der Waals surface area contributed by atoms with E-state index in [-0.39, 0.29) is 43.2 Å². The van der Waals surface area contributed by atoms with E-state index in [1.54, 1.807) is 26.2 Å². The fraction of sp³-hybridized carbons (Fsp3) is 0.348. The lowest BCUT2D eigenvalue weighted by Crippen LogP contribution is -2.50. The average Bonchev–Trinajstić information content (AvgIpc) is 3.32. The van der Waals surface area contributed by atoms with Crippen LogP contribution in [-0.2, 0) is 14.8 Å². The van der Waals surface area contributed by atoms with Gasteiger partial charge in [0.1, 0.15) is 21.7 Å². The lowest BCUT2D eigenvalue weighted by molar-refractivity contribution is 0.0933. The molecule has 0 spiro atoms. The molecule has 0 unspecified atom stereocenters. The van der Waals surface area contributed by atoms with Crippen LogP contribution >= 0.6 is 11.3 Å². The molecule has 1 aliphatic rings. The second-order valence-electron chi connectivity index (χ2n) is 7.74. The molecule has 2 heterocycles. The number of nitrogens with zero attached hydrogens (tertiary/aromatic N) is 3. The van der Waals surface area contributed by atoms with E-state index in [0.717, 1.165) is 4.70 Å². The molecule has 2 amide bonds. The van der Waals surface area contributed by atoms with Crippen LogP contribution in [0.1, 0.15) is 17.3 Å². The van der Waals surface area contributed by atoms with E-state index in [4.69, 9.17) is 14.2 Å². The number of thiazole rings is 1. The molecule has 1 fully saturated rings. The normalized spacial score (nSPS) is 14.5. The van der Waals surface area contributed by atoms with Crippen LogP contribution in [0.5, 0.6) is 11.5 Å². The van der Waals surface area contributed by atoms with E-state index in [9.17, 15) is 18.0 Å². The van der Waals surface area contributed by atoms with Crippen LogP contribution in [0.3, 0.4) is 0 Å². The summed E-state index contributed by atoms with van der Waals surface area (Å²) >= 11 is 1.24. The Labute approximate surface area is 212 Å². The number of carbonyl (C=O) groups excluding carboxylic acids is 2. The summed E-state index contributed by atoms with van der Waals surface area (Å²) in [5, 5.41) is 3.10. The number of carbonyl (C=O) groups is 2. The molecule has 3 aromatic rings. The van der Waals surface area contributed by atoms with Gasteiger partial charge in [-0.05, 0) is 43.3 Å². The predicted octanol–water partition coefficient (Wildman–Crippen LogP) is 3.03. The minimum atomic E-state index is -3.77. The molecular formula is C23H26N4O7S2.